The van der Waals surface area contributed by atoms with E-state index in [1.807, 2.05) is 43.3 Å². The Morgan fingerprint density at radius 1 is 0.952 bits per heavy atom. The van der Waals surface area contributed by atoms with E-state index in [0.717, 1.165) is 10.7 Å². The van der Waals surface area contributed by atoms with Gasteiger partial charge >= 0.3 is 0 Å². The summed E-state index contributed by atoms with van der Waals surface area (Å²) in [6.07, 6.45) is 0. The maximum absolute atomic E-state index is 5.58. The number of hydrogen-bond acceptors (Lipinski definition) is 2. The summed E-state index contributed by atoms with van der Waals surface area (Å²) in [7, 11) is 4.01. The largest absolute Gasteiger partial charge is 0.378 e. The van der Waals surface area contributed by atoms with Crippen LogP contribution in [0.1, 0.15) is 18.5 Å². The molecule has 0 aliphatic carbocycles. The summed E-state index contributed by atoms with van der Waals surface area (Å²) in [5, 5.41) is 3.62. The molecule has 2 nitrogen and oxygen atoms in total. The highest BCUT2D eigenvalue weighted by Crippen LogP contribution is 2.28. The number of thiocarbonyl (C=S) groups is 1. The Bertz CT molecular complexity index is 566. The van der Waals surface area contributed by atoms with Gasteiger partial charge in [0, 0.05) is 25.7 Å². The van der Waals surface area contributed by atoms with Gasteiger partial charge in [-0.25, -0.2) is 0 Å². The molecule has 2 aromatic carbocycles. The Hall–Kier alpha value is -1.87. The molecule has 2 rings (SSSR count). The second kappa shape index (κ2) is 7.23. The molecule has 21 heavy (non-hydrogen) atoms. The number of hydrogen-bond donors (Lipinski definition) is 1. The Morgan fingerprint density at radius 2 is 1.48 bits per heavy atom. The number of rotatable bonds is 5. The second-order valence-electron chi connectivity index (χ2n) is 5.42. The van der Waals surface area contributed by atoms with Gasteiger partial charge in [0.05, 0.1) is 11.0 Å². The standard InChI is InChI=1S/C18H22N2S/c1-14(18(21)20(2)3)17(15-10-6-4-7-11-15)19-16-12-8-5-9-13-16/h4-14,17,19H,1-3H3/t14-,17+/m0/s1. The monoisotopic (exact) mass is 298 g/mol. The van der Waals surface area contributed by atoms with Crippen LogP contribution in [-0.4, -0.2) is 24.0 Å². The zero-order chi connectivity index (χ0) is 15.2. The van der Waals surface area contributed by atoms with Crippen LogP contribution in [0.25, 0.3) is 0 Å². The van der Waals surface area contributed by atoms with Crippen molar-refractivity contribution in [2.75, 3.05) is 19.4 Å². The molecule has 0 aliphatic heterocycles. The van der Waals surface area contributed by atoms with Crippen LogP contribution in [0.5, 0.6) is 0 Å². The first-order valence-corrected chi connectivity index (χ1v) is 7.58. The van der Waals surface area contributed by atoms with Gasteiger partial charge in [-0.15, -0.1) is 0 Å². The van der Waals surface area contributed by atoms with E-state index in [-0.39, 0.29) is 12.0 Å². The van der Waals surface area contributed by atoms with E-state index in [2.05, 4.69) is 48.6 Å². The summed E-state index contributed by atoms with van der Waals surface area (Å²) in [6.45, 7) is 2.18. The third-order valence-corrected chi connectivity index (χ3v) is 4.32. The number of benzene rings is 2. The Kier molecular flexibility index (Phi) is 5.34. The first-order chi connectivity index (χ1) is 10.1. The minimum Gasteiger partial charge on any atom is -0.378 e. The third-order valence-electron chi connectivity index (χ3n) is 3.58. The van der Waals surface area contributed by atoms with Crippen molar-refractivity contribution in [2.24, 2.45) is 5.92 Å². The molecule has 0 aliphatic rings. The van der Waals surface area contributed by atoms with E-state index >= 15 is 0 Å². The van der Waals surface area contributed by atoms with Gasteiger partial charge < -0.3 is 10.2 Å². The Morgan fingerprint density at radius 3 is 2.00 bits per heavy atom. The zero-order valence-electron chi connectivity index (χ0n) is 12.8. The minimum atomic E-state index is 0.156. The maximum Gasteiger partial charge on any atom is 0.0826 e. The Labute approximate surface area is 132 Å². The molecule has 2 atom stereocenters. The molecule has 0 amide bonds. The predicted molar refractivity (Wildman–Crippen MR) is 94.7 cm³/mol. The van der Waals surface area contributed by atoms with Crippen LogP contribution in [0.3, 0.4) is 0 Å². The van der Waals surface area contributed by atoms with Gasteiger partial charge in [0.25, 0.3) is 0 Å². The summed E-state index contributed by atoms with van der Waals surface area (Å²) in [5.74, 6) is 0.220. The van der Waals surface area contributed by atoms with Gasteiger partial charge in [0.2, 0.25) is 0 Å². The van der Waals surface area contributed by atoms with Crippen molar-refractivity contribution < 1.29 is 0 Å². The van der Waals surface area contributed by atoms with Gasteiger partial charge in [-0.3, -0.25) is 0 Å². The lowest BCUT2D eigenvalue weighted by Gasteiger charge is -2.30. The first kappa shape index (κ1) is 15.5. The second-order valence-corrected chi connectivity index (χ2v) is 5.84. The summed E-state index contributed by atoms with van der Waals surface area (Å²) < 4.78 is 0. The molecule has 0 aromatic heterocycles. The molecule has 1 N–H and O–H groups in total. The van der Waals surface area contributed by atoms with Crippen molar-refractivity contribution in [1.29, 1.82) is 0 Å². The van der Waals surface area contributed by atoms with E-state index in [9.17, 15) is 0 Å². The van der Waals surface area contributed by atoms with E-state index in [1.54, 1.807) is 0 Å². The van der Waals surface area contributed by atoms with Crippen LogP contribution in [0, 0.1) is 5.92 Å². The highest BCUT2D eigenvalue weighted by molar-refractivity contribution is 7.80. The van der Waals surface area contributed by atoms with Gasteiger partial charge in [0.1, 0.15) is 0 Å². The fourth-order valence-corrected chi connectivity index (χ4v) is 2.56. The summed E-state index contributed by atoms with van der Waals surface area (Å²) in [5.41, 5.74) is 2.36. The fraction of sp³-hybridized carbons (Fsp3) is 0.278. The first-order valence-electron chi connectivity index (χ1n) is 7.17. The van der Waals surface area contributed by atoms with Crippen LogP contribution < -0.4 is 5.32 Å². The highest BCUT2D eigenvalue weighted by Gasteiger charge is 2.23. The quantitative estimate of drug-likeness (QED) is 0.825. The molecule has 0 radical (unpaired) electrons. The average molecular weight is 298 g/mol. The van der Waals surface area contributed by atoms with Crippen LogP contribution in [0.2, 0.25) is 0 Å². The normalized spacial score (nSPS) is 13.3. The predicted octanol–water partition coefficient (Wildman–Crippen LogP) is 4.36. The van der Waals surface area contributed by atoms with Crippen molar-refractivity contribution in [3.8, 4) is 0 Å². The molecular formula is C18H22N2S. The molecule has 0 fully saturated rings. The summed E-state index contributed by atoms with van der Waals surface area (Å²) in [6, 6.07) is 20.9. The molecule has 0 heterocycles. The number of nitrogens with one attached hydrogen (secondary N) is 1. The molecule has 0 saturated carbocycles. The minimum absolute atomic E-state index is 0.156. The zero-order valence-corrected chi connectivity index (χ0v) is 13.6. The van der Waals surface area contributed by atoms with Crippen molar-refractivity contribution in [3.05, 3.63) is 66.2 Å². The van der Waals surface area contributed by atoms with Crippen molar-refractivity contribution in [2.45, 2.75) is 13.0 Å². The SMILES string of the molecule is C[C@H](C(=S)N(C)C)[C@@H](Nc1ccccc1)c1ccccc1. The van der Waals surface area contributed by atoms with E-state index in [0.29, 0.717) is 0 Å². The number of anilines is 1. The van der Waals surface area contributed by atoms with Crippen molar-refractivity contribution >= 4 is 22.9 Å². The lowest BCUT2D eigenvalue weighted by atomic mass is 9.93. The third kappa shape index (κ3) is 4.05. The lowest BCUT2D eigenvalue weighted by Crippen LogP contribution is -2.33. The van der Waals surface area contributed by atoms with Gasteiger partial charge in [0.15, 0.2) is 0 Å². The lowest BCUT2D eigenvalue weighted by molar-refractivity contribution is 0.538. The van der Waals surface area contributed by atoms with Gasteiger partial charge in [-0.05, 0) is 17.7 Å². The summed E-state index contributed by atoms with van der Waals surface area (Å²) in [4.78, 5) is 2.97. The summed E-state index contributed by atoms with van der Waals surface area (Å²) >= 11 is 5.58. The van der Waals surface area contributed by atoms with Gasteiger partial charge in [-0.1, -0.05) is 67.7 Å². The smallest absolute Gasteiger partial charge is 0.0826 e. The van der Waals surface area contributed by atoms with Crippen LogP contribution in [0.15, 0.2) is 60.7 Å². The van der Waals surface area contributed by atoms with Crippen LogP contribution in [-0.2, 0) is 0 Å². The molecule has 0 bridgehead atoms. The van der Waals surface area contributed by atoms with E-state index < -0.39 is 0 Å². The molecule has 110 valence electrons. The van der Waals surface area contributed by atoms with Gasteiger partial charge in [-0.2, -0.15) is 0 Å². The molecule has 2 aromatic rings. The van der Waals surface area contributed by atoms with Crippen LogP contribution in [0.4, 0.5) is 5.69 Å². The fourth-order valence-electron chi connectivity index (χ4n) is 2.42. The molecule has 0 saturated heterocycles. The molecular weight excluding hydrogens is 276 g/mol. The van der Waals surface area contributed by atoms with Crippen LogP contribution >= 0.6 is 12.2 Å². The average Bonchev–Trinajstić information content (AvgIpc) is 2.53. The van der Waals surface area contributed by atoms with E-state index in [1.165, 1.54) is 5.56 Å². The van der Waals surface area contributed by atoms with E-state index in [4.69, 9.17) is 12.2 Å². The van der Waals surface area contributed by atoms with Crippen molar-refractivity contribution in [3.63, 3.8) is 0 Å². The Balaban J connectivity index is 2.29. The highest BCUT2D eigenvalue weighted by atomic mass is 32.1. The molecule has 0 spiro atoms. The number of para-hydroxylation sites is 1. The number of nitrogens with zero attached hydrogens (tertiary/aromatic N) is 1. The molecule has 3 heteroatoms. The molecule has 0 unspecified atom stereocenters. The maximum atomic E-state index is 5.58. The van der Waals surface area contributed by atoms with Crippen molar-refractivity contribution in [1.82, 2.24) is 4.90 Å². The topological polar surface area (TPSA) is 15.3 Å².